The molecule has 5 heteroatoms. The highest BCUT2D eigenvalue weighted by atomic mass is 16.5. The average Bonchev–Trinajstić information content (AvgIpc) is 2.82. The van der Waals surface area contributed by atoms with Crippen molar-refractivity contribution in [2.75, 3.05) is 13.7 Å². The van der Waals surface area contributed by atoms with Crippen LogP contribution in [-0.2, 0) is 22.5 Å². The Morgan fingerprint density at radius 3 is 2.19 bits per heavy atom. The average molecular weight is 418 g/mol. The maximum atomic E-state index is 12.3. The molecule has 0 spiro atoms. The van der Waals surface area contributed by atoms with Crippen LogP contribution in [0.15, 0.2) is 66.7 Å². The van der Waals surface area contributed by atoms with E-state index in [0.29, 0.717) is 30.1 Å². The lowest BCUT2D eigenvalue weighted by Crippen LogP contribution is -2.06. The largest absolute Gasteiger partial charge is 0.488 e. The summed E-state index contributed by atoms with van der Waals surface area (Å²) in [6, 6.07) is 20.5. The molecular formula is C26H26O5. The van der Waals surface area contributed by atoms with E-state index in [-0.39, 0.29) is 11.9 Å². The summed E-state index contributed by atoms with van der Waals surface area (Å²) < 4.78 is 16.0. The number of carbonyl (C=O) groups excluding carboxylic acids is 2. The molecule has 0 saturated carbocycles. The Kier molecular flexibility index (Phi) is 7.44. The number of ether oxygens (including phenoxy) is 3. The summed E-state index contributed by atoms with van der Waals surface area (Å²) in [5.41, 5.74) is 4.91. The molecule has 0 bridgehead atoms. The lowest BCUT2D eigenvalue weighted by Gasteiger charge is -2.16. The van der Waals surface area contributed by atoms with E-state index in [1.165, 1.54) is 7.11 Å². The third-order valence-corrected chi connectivity index (χ3v) is 4.95. The van der Waals surface area contributed by atoms with E-state index in [1.54, 1.807) is 31.2 Å². The van der Waals surface area contributed by atoms with Crippen molar-refractivity contribution in [3.63, 3.8) is 0 Å². The van der Waals surface area contributed by atoms with Crippen LogP contribution >= 0.6 is 0 Å². The van der Waals surface area contributed by atoms with Crippen molar-refractivity contribution in [2.24, 2.45) is 0 Å². The van der Waals surface area contributed by atoms with E-state index >= 15 is 0 Å². The molecule has 0 heterocycles. The summed E-state index contributed by atoms with van der Waals surface area (Å²) in [5, 5.41) is 0. The van der Waals surface area contributed by atoms with Gasteiger partial charge in [0.15, 0.2) is 0 Å². The van der Waals surface area contributed by atoms with Gasteiger partial charge in [0, 0.05) is 5.56 Å². The van der Waals surface area contributed by atoms with Gasteiger partial charge in [0.25, 0.3) is 0 Å². The van der Waals surface area contributed by atoms with Gasteiger partial charge < -0.3 is 14.2 Å². The van der Waals surface area contributed by atoms with Crippen molar-refractivity contribution in [3.05, 3.63) is 89.0 Å². The molecule has 3 rings (SSSR count). The minimum Gasteiger partial charge on any atom is -0.488 e. The number of rotatable bonds is 8. The molecule has 5 nitrogen and oxygen atoms in total. The molecule has 160 valence electrons. The highest BCUT2D eigenvalue weighted by Gasteiger charge is 2.15. The Hall–Kier alpha value is -3.60. The fraction of sp³-hybridized carbons (Fsp3) is 0.231. The van der Waals surface area contributed by atoms with Crippen LogP contribution in [0.2, 0.25) is 0 Å². The SMILES string of the molecule is CCOC(=O)c1ccc(OCc2ccc(C(=O)OC)cc2)c(-c2ccccc2CC)c1. The Bertz CT molecular complexity index is 1050. The minimum absolute atomic E-state index is 0.319. The van der Waals surface area contributed by atoms with Crippen molar-refractivity contribution in [3.8, 4) is 16.9 Å². The van der Waals surface area contributed by atoms with Crippen LogP contribution in [-0.4, -0.2) is 25.7 Å². The molecule has 0 aliphatic rings. The summed E-state index contributed by atoms with van der Waals surface area (Å²) in [4.78, 5) is 23.9. The second kappa shape index (κ2) is 10.4. The first kappa shape index (κ1) is 22.1. The van der Waals surface area contributed by atoms with Crippen LogP contribution in [0, 0.1) is 0 Å². The van der Waals surface area contributed by atoms with Gasteiger partial charge in [-0.05, 0) is 60.4 Å². The number of carbonyl (C=O) groups is 2. The zero-order chi connectivity index (χ0) is 22.2. The molecule has 31 heavy (non-hydrogen) atoms. The molecule has 0 radical (unpaired) electrons. The Morgan fingerprint density at radius 1 is 0.806 bits per heavy atom. The Morgan fingerprint density at radius 2 is 1.52 bits per heavy atom. The molecule has 0 amide bonds. The van der Waals surface area contributed by atoms with E-state index in [2.05, 4.69) is 13.0 Å². The van der Waals surface area contributed by atoms with Crippen molar-refractivity contribution < 1.29 is 23.8 Å². The lowest BCUT2D eigenvalue weighted by atomic mass is 9.96. The molecule has 0 saturated heterocycles. The maximum absolute atomic E-state index is 12.3. The van der Waals surface area contributed by atoms with Crippen molar-refractivity contribution in [1.29, 1.82) is 0 Å². The fourth-order valence-corrected chi connectivity index (χ4v) is 3.32. The van der Waals surface area contributed by atoms with Crippen LogP contribution in [0.4, 0.5) is 0 Å². The number of hydrogen-bond acceptors (Lipinski definition) is 5. The molecule has 3 aromatic rings. The first-order valence-electron chi connectivity index (χ1n) is 10.3. The summed E-state index contributed by atoms with van der Waals surface area (Å²) in [5.74, 6) is -0.0610. The highest BCUT2D eigenvalue weighted by molar-refractivity contribution is 5.92. The predicted molar refractivity (Wildman–Crippen MR) is 119 cm³/mol. The summed E-state index contributed by atoms with van der Waals surface area (Å²) in [6.45, 7) is 4.52. The van der Waals surface area contributed by atoms with Gasteiger partial charge in [-0.3, -0.25) is 0 Å². The first-order valence-corrected chi connectivity index (χ1v) is 10.3. The molecule has 0 aliphatic heterocycles. The van der Waals surface area contributed by atoms with Crippen LogP contribution in [0.3, 0.4) is 0 Å². The minimum atomic E-state index is -0.375. The van der Waals surface area contributed by atoms with Gasteiger partial charge >= 0.3 is 11.9 Å². The van der Waals surface area contributed by atoms with Crippen molar-refractivity contribution in [1.82, 2.24) is 0 Å². The Balaban J connectivity index is 1.91. The second-order valence-corrected chi connectivity index (χ2v) is 6.92. The molecule has 0 N–H and O–H groups in total. The van der Waals surface area contributed by atoms with E-state index in [0.717, 1.165) is 28.7 Å². The van der Waals surface area contributed by atoms with Crippen molar-refractivity contribution >= 4 is 11.9 Å². The fourth-order valence-electron chi connectivity index (χ4n) is 3.32. The first-order chi connectivity index (χ1) is 15.1. The highest BCUT2D eigenvalue weighted by Crippen LogP contribution is 2.34. The molecule has 0 unspecified atom stereocenters. The van der Waals surface area contributed by atoms with Gasteiger partial charge in [0.2, 0.25) is 0 Å². The van der Waals surface area contributed by atoms with Gasteiger partial charge in [-0.15, -0.1) is 0 Å². The number of hydrogen-bond donors (Lipinski definition) is 0. The summed E-state index contributed by atoms with van der Waals surface area (Å²) in [6.07, 6.45) is 0.855. The van der Waals surface area contributed by atoms with Crippen LogP contribution < -0.4 is 4.74 Å². The van der Waals surface area contributed by atoms with Gasteiger partial charge in [0.05, 0.1) is 24.8 Å². The zero-order valence-electron chi connectivity index (χ0n) is 18.0. The second-order valence-electron chi connectivity index (χ2n) is 6.92. The van der Waals surface area contributed by atoms with E-state index < -0.39 is 0 Å². The van der Waals surface area contributed by atoms with Crippen LogP contribution in [0.5, 0.6) is 5.75 Å². The maximum Gasteiger partial charge on any atom is 0.338 e. The summed E-state index contributed by atoms with van der Waals surface area (Å²) >= 11 is 0. The van der Waals surface area contributed by atoms with Crippen molar-refractivity contribution in [2.45, 2.75) is 26.9 Å². The van der Waals surface area contributed by atoms with E-state index in [9.17, 15) is 9.59 Å². The third kappa shape index (κ3) is 5.31. The predicted octanol–water partition coefficient (Wildman–Crippen LogP) is 5.46. The van der Waals surface area contributed by atoms with Crippen LogP contribution in [0.1, 0.15) is 45.7 Å². The number of aryl methyl sites for hydroxylation is 1. The van der Waals surface area contributed by atoms with E-state index in [4.69, 9.17) is 14.2 Å². The van der Waals surface area contributed by atoms with E-state index in [1.807, 2.05) is 36.4 Å². The molecule has 0 aromatic heterocycles. The zero-order valence-corrected chi connectivity index (χ0v) is 18.0. The molecule has 3 aromatic carbocycles. The Labute approximate surface area is 182 Å². The van der Waals surface area contributed by atoms with Gasteiger partial charge in [-0.25, -0.2) is 9.59 Å². The molecular weight excluding hydrogens is 392 g/mol. The monoisotopic (exact) mass is 418 g/mol. The topological polar surface area (TPSA) is 61.8 Å². The molecule has 0 atom stereocenters. The molecule has 0 aliphatic carbocycles. The number of benzene rings is 3. The van der Waals surface area contributed by atoms with Gasteiger partial charge in [0.1, 0.15) is 12.4 Å². The number of esters is 2. The number of methoxy groups -OCH3 is 1. The lowest BCUT2D eigenvalue weighted by molar-refractivity contribution is 0.0525. The third-order valence-electron chi connectivity index (χ3n) is 4.95. The smallest absolute Gasteiger partial charge is 0.338 e. The standard InChI is InChI=1S/C26H26O5/c1-4-19-8-6-7-9-22(19)23-16-21(26(28)30-5-2)14-15-24(23)31-17-18-10-12-20(13-11-18)25(27)29-3/h6-16H,4-5,17H2,1-3H3. The normalized spacial score (nSPS) is 10.4. The summed E-state index contributed by atoms with van der Waals surface area (Å²) in [7, 11) is 1.36. The van der Waals surface area contributed by atoms with Gasteiger partial charge in [-0.2, -0.15) is 0 Å². The van der Waals surface area contributed by atoms with Crippen LogP contribution in [0.25, 0.3) is 11.1 Å². The quantitative estimate of drug-likeness (QED) is 0.455. The van der Waals surface area contributed by atoms with Gasteiger partial charge in [-0.1, -0.05) is 43.3 Å². The molecule has 0 fully saturated rings.